The number of thioether (sulfide) groups is 1. The lowest BCUT2D eigenvalue weighted by molar-refractivity contribution is -0.384. The van der Waals surface area contributed by atoms with Gasteiger partial charge in [0.05, 0.1) is 21.1 Å². The van der Waals surface area contributed by atoms with E-state index < -0.39 is 43.6 Å². The molecule has 67 heavy (non-hydrogen) atoms. The molecular formula is C48H53FN8O7S3. The maximum absolute atomic E-state index is 14.0. The van der Waals surface area contributed by atoms with Crippen molar-refractivity contribution in [3.05, 3.63) is 149 Å². The number of carbonyl (C=O) groups excluding carboxylic acids is 1. The monoisotopic (exact) mass is 968 g/mol. The number of amides is 1. The molecule has 352 valence electrons. The van der Waals surface area contributed by atoms with Crippen LogP contribution < -0.4 is 25.2 Å². The molecule has 15 nitrogen and oxygen atoms in total. The van der Waals surface area contributed by atoms with Gasteiger partial charge in [-0.3, -0.25) is 19.6 Å². The molecule has 19 heteroatoms. The fourth-order valence-corrected chi connectivity index (χ4v) is 10.4. The van der Waals surface area contributed by atoms with Gasteiger partial charge >= 0.3 is 0 Å². The lowest BCUT2D eigenvalue weighted by Gasteiger charge is -2.37. The van der Waals surface area contributed by atoms with Gasteiger partial charge in [0.2, 0.25) is 0 Å². The van der Waals surface area contributed by atoms with E-state index in [1.807, 2.05) is 97.3 Å². The van der Waals surface area contributed by atoms with Crippen LogP contribution in [0.2, 0.25) is 0 Å². The quantitative estimate of drug-likeness (QED) is 0.0264. The van der Waals surface area contributed by atoms with Crippen molar-refractivity contribution in [2.24, 2.45) is 7.05 Å². The van der Waals surface area contributed by atoms with Crippen LogP contribution >= 0.6 is 11.8 Å². The molecule has 0 spiro atoms. The van der Waals surface area contributed by atoms with Crippen molar-refractivity contribution in [3.63, 3.8) is 0 Å². The summed E-state index contributed by atoms with van der Waals surface area (Å²) in [5.74, 6) is -0.682. The summed E-state index contributed by atoms with van der Waals surface area (Å²) in [7, 11) is 1.56. The van der Waals surface area contributed by atoms with Crippen LogP contribution in [0.3, 0.4) is 0 Å². The molecule has 1 amide bonds. The molecule has 1 aliphatic heterocycles. The van der Waals surface area contributed by atoms with Crippen LogP contribution in [0.25, 0.3) is 22.4 Å². The summed E-state index contributed by atoms with van der Waals surface area (Å²) in [5.41, 5.74) is 5.77. The van der Waals surface area contributed by atoms with Gasteiger partial charge in [-0.2, -0.15) is 0 Å². The fraction of sp³-hybridized carbons (Fsp3) is 0.271. The van der Waals surface area contributed by atoms with Crippen molar-refractivity contribution < 1.29 is 31.3 Å². The average Bonchev–Trinajstić information content (AvgIpc) is 3.58. The Kier molecular flexibility index (Phi) is 15.7. The fourth-order valence-electron chi connectivity index (χ4n) is 8.05. The number of nitrogens with one attached hydrogen (secondary N) is 3. The van der Waals surface area contributed by atoms with E-state index in [1.165, 1.54) is 24.3 Å². The Labute approximate surface area is 396 Å². The summed E-state index contributed by atoms with van der Waals surface area (Å²) in [6.07, 6.45) is 0.713. The van der Waals surface area contributed by atoms with Crippen molar-refractivity contribution in [1.29, 1.82) is 0 Å². The molecule has 2 atom stereocenters. The molecule has 0 bridgehead atoms. The summed E-state index contributed by atoms with van der Waals surface area (Å²) in [6.45, 7) is 5.16. The lowest BCUT2D eigenvalue weighted by atomic mass is 9.96. The molecule has 6 aromatic rings. The Morgan fingerprint density at radius 1 is 0.896 bits per heavy atom. The predicted octanol–water partition coefficient (Wildman–Crippen LogP) is 8.28. The number of nitro benzene ring substituents is 1. The standard InChI is InChI=1S/C48H53FN8O7S3/c1-33-45(48(58)50-32-66(61)62)46(47(54(33)4)34-13-15-36(49)16-14-34)35-9-8-10-40(29-35)56-27-25-55(26-28-56)39-19-17-37(18-20-39)52-67(63,64)42-21-22-43(44(30-42)57(59)60)51-38(23-24-53(2)3)31-65-41-11-6-5-7-12-41/h5-22,29-30,38,51-52H,23-28,31-32H2,1-4H3,(H,50,58)(H,61,62)/t38-/m1/s1. The molecule has 1 fully saturated rings. The van der Waals surface area contributed by atoms with Crippen LogP contribution in [0.4, 0.5) is 32.8 Å². The highest BCUT2D eigenvalue weighted by Gasteiger charge is 2.28. The first-order chi connectivity index (χ1) is 32.1. The summed E-state index contributed by atoms with van der Waals surface area (Å²) in [6, 6.07) is 34.5. The first-order valence-corrected chi connectivity index (χ1v) is 25.2. The number of nitro groups is 1. The minimum Gasteiger partial charge on any atom is -0.376 e. The Morgan fingerprint density at radius 3 is 2.21 bits per heavy atom. The third-order valence-corrected chi connectivity index (χ3v) is 14.6. The maximum atomic E-state index is 14.0. The van der Waals surface area contributed by atoms with Gasteiger partial charge in [0.15, 0.2) is 11.1 Å². The topological polar surface area (TPSA) is 182 Å². The average molecular weight is 969 g/mol. The first kappa shape index (κ1) is 48.7. The van der Waals surface area contributed by atoms with E-state index in [4.69, 9.17) is 0 Å². The Bertz CT molecular complexity index is 2840. The molecule has 0 aliphatic carbocycles. The number of aromatic nitrogens is 1. The van der Waals surface area contributed by atoms with Gasteiger partial charge in [-0.1, -0.05) is 30.3 Å². The SMILES string of the molecule is Cc1c(C(=O)NCS(=O)O)c(-c2cccc(N3CCN(c4ccc(NS(=O)(=O)c5ccc(N[C@H](CCN(C)C)CSc6ccccc6)c([N+](=O)[O-])c5)cc4)CC3)c2)c(-c2ccc(F)cc2)n1C. The molecule has 4 N–H and O–H groups in total. The van der Waals surface area contributed by atoms with Crippen molar-refractivity contribution in [1.82, 2.24) is 14.8 Å². The molecule has 2 heterocycles. The highest BCUT2D eigenvalue weighted by atomic mass is 32.2. The predicted molar refractivity (Wildman–Crippen MR) is 267 cm³/mol. The van der Waals surface area contributed by atoms with Gasteiger partial charge < -0.3 is 34.5 Å². The van der Waals surface area contributed by atoms with Gasteiger partial charge in [0, 0.05) is 84.3 Å². The maximum Gasteiger partial charge on any atom is 0.293 e. The van der Waals surface area contributed by atoms with Crippen LogP contribution in [0, 0.1) is 22.9 Å². The number of hydrogen-bond donors (Lipinski definition) is 4. The lowest BCUT2D eigenvalue weighted by Crippen LogP contribution is -2.46. The van der Waals surface area contributed by atoms with Gasteiger partial charge in [0.25, 0.3) is 21.6 Å². The third-order valence-electron chi connectivity index (χ3n) is 11.6. The van der Waals surface area contributed by atoms with Gasteiger partial charge in [0.1, 0.15) is 17.4 Å². The summed E-state index contributed by atoms with van der Waals surface area (Å²) in [5, 5.41) is 18.2. The molecule has 7 rings (SSSR count). The van der Waals surface area contributed by atoms with Crippen LogP contribution in [-0.4, -0.2) is 102 Å². The molecule has 1 aliphatic rings. The first-order valence-electron chi connectivity index (χ1n) is 21.5. The van der Waals surface area contributed by atoms with E-state index in [2.05, 4.69) is 25.2 Å². The van der Waals surface area contributed by atoms with E-state index in [9.17, 15) is 36.5 Å². The van der Waals surface area contributed by atoms with Gasteiger partial charge in [-0.15, -0.1) is 11.8 Å². The van der Waals surface area contributed by atoms with Crippen molar-refractivity contribution in [2.45, 2.75) is 29.2 Å². The largest absolute Gasteiger partial charge is 0.376 e. The molecular weight excluding hydrogens is 916 g/mol. The molecule has 1 unspecified atom stereocenters. The van der Waals surface area contributed by atoms with Crippen LogP contribution in [-0.2, 0) is 28.2 Å². The van der Waals surface area contributed by atoms with Crippen molar-refractivity contribution in [3.8, 4) is 22.4 Å². The van der Waals surface area contributed by atoms with Crippen molar-refractivity contribution >= 4 is 67.2 Å². The second-order valence-electron chi connectivity index (χ2n) is 16.4. The number of nitrogens with zero attached hydrogens (tertiary/aromatic N) is 5. The second kappa shape index (κ2) is 21.6. The molecule has 0 saturated carbocycles. The highest BCUT2D eigenvalue weighted by Crippen LogP contribution is 2.40. The zero-order chi connectivity index (χ0) is 47.8. The van der Waals surface area contributed by atoms with Crippen LogP contribution in [0.5, 0.6) is 0 Å². The minimum atomic E-state index is -4.19. The van der Waals surface area contributed by atoms with E-state index in [-0.39, 0.29) is 22.3 Å². The normalized spacial score (nSPS) is 13.9. The summed E-state index contributed by atoms with van der Waals surface area (Å²) < 4.78 is 66.6. The van der Waals surface area contributed by atoms with Crippen LogP contribution in [0.1, 0.15) is 22.5 Å². The number of anilines is 4. The van der Waals surface area contributed by atoms with E-state index >= 15 is 0 Å². The van der Waals surface area contributed by atoms with Crippen molar-refractivity contribution in [2.75, 3.05) is 78.3 Å². The van der Waals surface area contributed by atoms with E-state index in [0.29, 0.717) is 72.1 Å². The zero-order valence-electron chi connectivity index (χ0n) is 37.5. The van der Waals surface area contributed by atoms with E-state index in [0.717, 1.165) is 34.4 Å². The van der Waals surface area contributed by atoms with E-state index in [1.54, 1.807) is 43.0 Å². The highest BCUT2D eigenvalue weighted by molar-refractivity contribution is 7.99. The number of benzene rings is 5. The number of rotatable bonds is 19. The molecule has 1 saturated heterocycles. The van der Waals surface area contributed by atoms with Gasteiger partial charge in [-0.25, -0.2) is 17.0 Å². The number of piperazine rings is 1. The molecule has 1 aromatic heterocycles. The zero-order valence-corrected chi connectivity index (χ0v) is 40.0. The van der Waals surface area contributed by atoms with Gasteiger partial charge in [-0.05, 0) is 130 Å². The molecule has 5 aromatic carbocycles. The second-order valence-corrected chi connectivity index (χ2v) is 20.1. The number of sulfonamides is 1. The Hall–Kier alpha value is -6.25. The Balaban J connectivity index is 1.02. The summed E-state index contributed by atoms with van der Waals surface area (Å²) in [4.78, 5) is 32.6. The Morgan fingerprint density at radius 2 is 1.57 bits per heavy atom. The minimum absolute atomic E-state index is 0.128. The van der Waals surface area contributed by atoms with Crippen LogP contribution in [0.15, 0.2) is 131 Å². The summed E-state index contributed by atoms with van der Waals surface area (Å²) >= 11 is -0.600. The number of halogens is 1. The number of hydrogen-bond acceptors (Lipinski definition) is 11. The number of carbonyl (C=O) groups is 1. The molecule has 0 radical (unpaired) electrons. The smallest absolute Gasteiger partial charge is 0.293 e. The third kappa shape index (κ3) is 12.0.